The Morgan fingerprint density at radius 1 is 0.946 bits per heavy atom. The van der Waals surface area contributed by atoms with Gasteiger partial charge in [-0.25, -0.2) is 9.59 Å². The van der Waals surface area contributed by atoms with Gasteiger partial charge in [0.15, 0.2) is 0 Å². The zero-order valence-electron chi connectivity index (χ0n) is 21.2. The molecule has 0 spiro atoms. The van der Waals surface area contributed by atoms with Gasteiger partial charge in [0.25, 0.3) is 0 Å². The first-order valence-electron chi connectivity index (χ1n) is 13.7. The number of hydrogen-bond acceptors (Lipinski definition) is 6. The lowest BCUT2D eigenvalue weighted by Gasteiger charge is -2.58. The van der Waals surface area contributed by atoms with Crippen LogP contribution in [0, 0.1) is 5.92 Å². The lowest BCUT2D eigenvalue weighted by atomic mass is 9.52. The van der Waals surface area contributed by atoms with E-state index >= 15 is 0 Å². The zero-order valence-corrected chi connectivity index (χ0v) is 21.2. The van der Waals surface area contributed by atoms with E-state index < -0.39 is 6.16 Å². The second kappa shape index (κ2) is 10.3. The zero-order chi connectivity index (χ0) is 25.2. The molecule has 0 N–H and O–H groups in total. The number of benzene rings is 2. The number of ether oxygens (including phenoxy) is 4. The number of carbonyl (C=O) groups is 2. The highest BCUT2D eigenvalue weighted by atomic mass is 16.8. The quantitative estimate of drug-likeness (QED) is 0.348. The van der Waals surface area contributed by atoms with Gasteiger partial charge < -0.3 is 23.8 Å². The summed E-state index contributed by atoms with van der Waals surface area (Å²) in [6.07, 6.45) is 8.43. The summed E-state index contributed by atoms with van der Waals surface area (Å²) < 4.78 is 21.9. The van der Waals surface area contributed by atoms with E-state index in [9.17, 15) is 9.59 Å². The third kappa shape index (κ3) is 4.76. The van der Waals surface area contributed by atoms with Crippen LogP contribution in [0.2, 0.25) is 0 Å². The molecule has 2 aromatic rings. The molecular weight excluding hydrogens is 470 g/mol. The minimum atomic E-state index is -0.664. The predicted molar refractivity (Wildman–Crippen MR) is 136 cm³/mol. The molecule has 6 rings (SSSR count). The Hall–Kier alpha value is -3.22. The third-order valence-corrected chi connectivity index (χ3v) is 8.97. The highest BCUT2D eigenvalue weighted by Gasteiger charge is 2.55. The van der Waals surface area contributed by atoms with Gasteiger partial charge in [-0.1, -0.05) is 49.2 Å². The second-order valence-electron chi connectivity index (χ2n) is 10.9. The van der Waals surface area contributed by atoms with Crippen molar-refractivity contribution in [2.75, 3.05) is 13.3 Å². The van der Waals surface area contributed by atoms with Crippen LogP contribution in [0.15, 0.2) is 48.5 Å². The standard InChI is InChI=1S/C30H35NO6/c32-28(34-19-21-7-2-1-3-8-21)31-16-15-30-14-5-4-11-25(30)27(31)17-22-12-13-24(18-26(22)30)35-20-36-29(33)37-23-9-6-10-23/h1-3,7-8,12-13,18,23,25,27H,4-6,9-11,14-17,19-20H2/t25-,27-,30+/m1/s1. The van der Waals surface area contributed by atoms with Crippen molar-refractivity contribution in [1.82, 2.24) is 4.90 Å². The van der Waals surface area contributed by atoms with Crippen molar-refractivity contribution in [3.8, 4) is 5.75 Å². The SMILES string of the molecule is O=C(OCOc1ccc2c(c1)[C@]13CCCC[C@@H]1[C@@H](C2)N(C(=O)OCc1ccccc1)CC3)OC1CCC1. The maximum atomic E-state index is 13.2. The summed E-state index contributed by atoms with van der Waals surface area (Å²) in [5, 5.41) is 0. The second-order valence-corrected chi connectivity index (χ2v) is 10.9. The molecule has 1 heterocycles. The summed E-state index contributed by atoms with van der Waals surface area (Å²) in [5.41, 5.74) is 3.68. The van der Waals surface area contributed by atoms with Crippen LogP contribution in [0.5, 0.6) is 5.75 Å². The monoisotopic (exact) mass is 505 g/mol. The van der Waals surface area contributed by atoms with E-state index in [1.165, 1.54) is 24.0 Å². The molecular formula is C30H35NO6. The van der Waals surface area contributed by atoms with Crippen LogP contribution < -0.4 is 4.74 Å². The van der Waals surface area contributed by atoms with Crippen molar-refractivity contribution in [3.05, 3.63) is 65.2 Å². The molecule has 2 aromatic carbocycles. The number of hydrogen-bond donors (Lipinski definition) is 0. The molecule has 7 nitrogen and oxygen atoms in total. The van der Waals surface area contributed by atoms with Crippen LogP contribution in [-0.4, -0.2) is 42.6 Å². The first-order valence-corrected chi connectivity index (χ1v) is 13.7. The first-order chi connectivity index (χ1) is 18.1. The fraction of sp³-hybridized carbons (Fsp3) is 0.533. The van der Waals surface area contributed by atoms with Gasteiger partial charge in [0.05, 0.1) is 0 Å². The molecule has 0 aromatic heterocycles. The average Bonchev–Trinajstić information content (AvgIpc) is 2.90. The van der Waals surface area contributed by atoms with Gasteiger partial charge in [0.1, 0.15) is 18.5 Å². The number of rotatable bonds is 6. The Balaban J connectivity index is 1.15. The van der Waals surface area contributed by atoms with Gasteiger partial charge in [-0.3, -0.25) is 0 Å². The molecule has 196 valence electrons. The summed E-state index contributed by atoms with van der Waals surface area (Å²) >= 11 is 0. The van der Waals surface area contributed by atoms with Crippen LogP contribution >= 0.6 is 0 Å². The predicted octanol–water partition coefficient (Wildman–Crippen LogP) is 6.12. The fourth-order valence-electron chi connectivity index (χ4n) is 6.91. The van der Waals surface area contributed by atoms with Crippen molar-refractivity contribution >= 4 is 12.2 Å². The van der Waals surface area contributed by atoms with Crippen LogP contribution in [-0.2, 0) is 32.7 Å². The van der Waals surface area contributed by atoms with Crippen molar-refractivity contribution in [2.24, 2.45) is 5.92 Å². The van der Waals surface area contributed by atoms with Crippen LogP contribution in [0.1, 0.15) is 68.1 Å². The van der Waals surface area contributed by atoms with Crippen molar-refractivity contribution < 1.29 is 28.5 Å². The van der Waals surface area contributed by atoms with Gasteiger partial charge >= 0.3 is 12.2 Å². The molecule has 4 aliphatic rings. The lowest BCUT2D eigenvalue weighted by molar-refractivity contribution is -0.0331. The van der Waals surface area contributed by atoms with Gasteiger partial charge in [-0.15, -0.1) is 0 Å². The summed E-state index contributed by atoms with van der Waals surface area (Å²) in [5.74, 6) is 1.12. The van der Waals surface area contributed by atoms with E-state index in [4.69, 9.17) is 18.9 Å². The normalized spacial score (nSPS) is 26.2. The fourth-order valence-corrected chi connectivity index (χ4v) is 6.91. The Labute approximate surface area is 218 Å². The van der Waals surface area contributed by atoms with Gasteiger partial charge in [-0.05, 0) is 79.7 Å². The highest BCUT2D eigenvalue weighted by molar-refractivity contribution is 5.69. The molecule has 37 heavy (non-hydrogen) atoms. The molecule has 3 atom stereocenters. The van der Waals surface area contributed by atoms with E-state index in [0.717, 1.165) is 50.5 Å². The third-order valence-electron chi connectivity index (χ3n) is 8.97. The molecule has 1 amide bonds. The number of carbonyl (C=O) groups excluding carboxylic acids is 2. The van der Waals surface area contributed by atoms with Crippen molar-refractivity contribution in [3.63, 3.8) is 0 Å². The van der Waals surface area contributed by atoms with Gasteiger partial charge in [0.2, 0.25) is 6.79 Å². The van der Waals surface area contributed by atoms with E-state index in [-0.39, 0.29) is 30.4 Å². The van der Waals surface area contributed by atoms with Crippen molar-refractivity contribution in [1.29, 1.82) is 0 Å². The Kier molecular flexibility index (Phi) is 6.70. The number of fused-ring (bicyclic) bond motifs is 1. The Bertz CT molecular complexity index is 1130. The molecule has 2 bridgehead atoms. The average molecular weight is 506 g/mol. The molecule has 3 fully saturated rings. The topological polar surface area (TPSA) is 74.3 Å². The van der Waals surface area contributed by atoms with E-state index in [1.807, 2.05) is 41.3 Å². The largest absolute Gasteiger partial charge is 0.511 e. The van der Waals surface area contributed by atoms with Crippen LogP contribution in [0.25, 0.3) is 0 Å². The van der Waals surface area contributed by atoms with Gasteiger partial charge in [0, 0.05) is 18.0 Å². The number of nitrogens with zero attached hydrogens (tertiary/aromatic N) is 1. The van der Waals surface area contributed by atoms with Crippen molar-refractivity contribution in [2.45, 2.75) is 82.0 Å². The summed E-state index contributed by atoms with van der Waals surface area (Å²) in [6, 6.07) is 16.2. The van der Waals surface area contributed by atoms with Gasteiger partial charge in [-0.2, -0.15) is 0 Å². The first kappa shape index (κ1) is 24.1. The summed E-state index contributed by atoms with van der Waals surface area (Å²) in [4.78, 5) is 27.0. The van der Waals surface area contributed by atoms with E-state index in [1.54, 1.807) is 0 Å². The Morgan fingerprint density at radius 3 is 2.62 bits per heavy atom. The summed E-state index contributed by atoms with van der Waals surface area (Å²) in [6.45, 7) is 0.839. The minimum Gasteiger partial charge on any atom is -0.457 e. The molecule has 1 aliphatic heterocycles. The van der Waals surface area contributed by atoms with Crippen LogP contribution in [0.4, 0.5) is 9.59 Å². The lowest BCUT2D eigenvalue weighted by Crippen LogP contribution is -2.62. The van der Waals surface area contributed by atoms with Crippen LogP contribution in [0.3, 0.4) is 0 Å². The maximum absolute atomic E-state index is 13.2. The number of piperidine rings is 1. The molecule has 0 unspecified atom stereocenters. The molecule has 1 saturated heterocycles. The minimum absolute atomic E-state index is 0.00647. The molecule has 0 radical (unpaired) electrons. The van der Waals surface area contributed by atoms with E-state index in [0.29, 0.717) is 24.8 Å². The number of amides is 1. The Morgan fingerprint density at radius 2 is 1.81 bits per heavy atom. The smallest absolute Gasteiger partial charge is 0.457 e. The molecule has 2 saturated carbocycles. The molecule has 7 heteroatoms. The van der Waals surface area contributed by atoms with E-state index in [2.05, 4.69) is 12.1 Å². The maximum Gasteiger partial charge on any atom is 0.511 e. The number of likely N-dealkylation sites (tertiary alicyclic amines) is 1. The molecule has 3 aliphatic carbocycles. The highest BCUT2D eigenvalue weighted by Crippen LogP contribution is 2.56. The summed E-state index contributed by atoms with van der Waals surface area (Å²) in [7, 11) is 0.